The number of nitrogens with one attached hydrogen (secondary N) is 1. The van der Waals surface area contributed by atoms with Crippen molar-refractivity contribution in [2.24, 2.45) is 0 Å². The molecular formula is C14H12ClNO3. The lowest BCUT2D eigenvalue weighted by Crippen LogP contribution is -2.12. The van der Waals surface area contributed by atoms with Crippen LogP contribution >= 0.6 is 11.6 Å². The lowest BCUT2D eigenvalue weighted by molar-refractivity contribution is 0.102. The summed E-state index contributed by atoms with van der Waals surface area (Å²) in [6.45, 7) is 0. The molecule has 2 rings (SSSR count). The molecule has 98 valence electrons. The molecule has 2 N–H and O–H groups in total. The largest absolute Gasteiger partial charge is 0.507 e. The average molecular weight is 278 g/mol. The van der Waals surface area contributed by atoms with Crippen LogP contribution in [0.2, 0.25) is 5.02 Å². The zero-order chi connectivity index (χ0) is 13.8. The Morgan fingerprint density at radius 3 is 2.74 bits per heavy atom. The minimum absolute atomic E-state index is 0.111. The molecule has 1 amide bonds. The number of ether oxygens (including phenoxy) is 1. The third-order valence-electron chi connectivity index (χ3n) is 2.53. The monoisotopic (exact) mass is 277 g/mol. The number of carbonyl (C=O) groups excluding carboxylic acids is 1. The first kappa shape index (κ1) is 13.2. The van der Waals surface area contributed by atoms with Crippen molar-refractivity contribution in [2.75, 3.05) is 12.4 Å². The summed E-state index contributed by atoms with van der Waals surface area (Å²) in [7, 11) is 1.49. The van der Waals surface area contributed by atoms with Crippen LogP contribution in [0.3, 0.4) is 0 Å². The van der Waals surface area contributed by atoms with Crippen molar-refractivity contribution in [3.8, 4) is 11.5 Å². The summed E-state index contributed by atoms with van der Waals surface area (Å²) in [5.74, 6) is -0.0481. The molecule has 0 fully saturated rings. The van der Waals surface area contributed by atoms with Crippen LogP contribution in [-0.2, 0) is 0 Å². The van der Waals surface area contributed by atoms with Gasteiger partial charge in [-0.3, -0.25) is 4.79 Å². The zero-order valence-electron chi connectivity index (χ0n) is 10.2. The second-order valence-electron chi connectivity index (χ2n) is 3.85. The minimum Gasteiger partial charge on any atom is -0.507 e. The predicted octanol–water partition coefficient (Wildman–Crippen LogP) is 3.31. The van der Waals surface area contributed by atoms with Gasteiger partial charge in [0.1, 0.15) is 11.5 Å². The van der Waals surface area contributed by atoms with Crippen LogP contribution in [0.5, 0.6) is 11.5 Å². The number of phenolic OH excluding ortho intramolecular Hbond substituents is 1. The Morgan fingerprint density at radius 1 is 1.26 bits per heavy atom. The molecule has 2 aromatic rings. The highest BCUT2D eigenvalue weighted by Crippen LogP contribution is 2.24. The molecule has 0 aromatic heterocycles. The summed E-state index contributed by atoms with van der Waals surface area (Å²) < 4.78 is 5.02. The van der Waals surface area contributed by atoms with Crippen LogP contribution in [-0.4, -0.2) is 18.1 Å². The first-order valence-electron chi connectivity index (χ1n) is 5.54. The third-order valence-corrected chi connectivity index (χ3v) is 2.77. The van der Waals surface area contributed by atoms with E-state index in [0.29, 0.717) is 16.5 Å². The van der Waals surface area contributed by atoms with E-state index in [0.717, 1.165) is 0 Å². The summed E-state index contributed by atoms with van der Waals surface area (Å²) in [6.07, 6.45) is 0. The van der Waals surface area contributed by atoms with E-state index in [1.165, 1.54) is 19.2 Å². The number of phenols is 1. The second kappa shape index (κ2) is 5.63. The fourth-order valence-corrected chi connectivity index (χ4v) is 1.78. The van der Waals surface area contributed by atoms with Gasteiger partial charge in [0.25, 0.3) is 5.91 Å². The standard InChI is InChI=1S/C14H12ClNO3/c1-19-11-5-6-13(17)12(8-11)14(18)16-10-4-2-3-9(15)7-10/h2-8,17H,1H3,(H,16,18). The molecule has 0 radical (unpaired) electrons. The first-order chi connectivity index (χ1) is 9.10. The number of rotatable bonds is 3. The van der Waals surface area contributed by atoms with E-state index < -0.39 is 5.91 Å². The number of methoxy groups -OCH3 is 1. The normalized spacial score (nSPS) is 10.0. The highest BCUT2D eigenvalue weighted by atomic mass is 35.5. The first-order valence-corrected chi connectivity index (χ1v) is 5.92. The van der Waals surface area contributed by atoms with Crippen LogP contribution < -0.4 is 10.1 Å². The number of benzene rings is 2. The van der Waals surface area contributed by atoms with E-state index in [4.69, 9.17) is 16.3 Å². The summed E-state index contributed by atoms with van der Waals surface area (Å²) in [6, 6.07) is 11.2. The van der Waals surface area contributed by atoms with E-state index in [9.17, 15) is 9.90 Å². The third kappa shape index (κ3) is 3.17. The fraction of sp³-hybridized carbons (Fsp3) is 0.0714. The molecule has 5 heteroatoms. The number of carbonyl (C=O) groups is 1. The molecule has 0 heterocycles. The molecule has 19 heavy (non-hydrogen) atoms. The SMILES string of the molecule is COc1ccc(O)c(C(=O)Nc2cccc(Cl)c2)c1. The topological polar surface area (TPSA) is 58.6 Å². The molecule has 0 atom stereocenters. The van der Waals surface area contributed by atoms with Gasteiger partial charge in [-0.1, -0.05) is 17.7 Å². The van der Waals surface area contributed by atoms with Gasteiger partial charge in [-0.2, -0.15) is 0 Å². The number of hydrogen-bond donors (Lipinski definition) is 2. The van der Waals surface area contributed by atoms with Gasteiger partial charge in [-0.25, -0.2) is 0 Å². The van der Waals surface area contributed by atoms with Crippen LogP contribution in [0, 0.1) is 0 Å². The highest BCUT2D eigenvalue weighted by molar-refractivity contribution is 6.31. The molecule has 0 bridgehead atoms. The predicted molar refractivity (Wildman–Crippen MR) is 74.1 cm³/mol. The molecule has 0 aliphatic heterocycles. The number of anilines is 1. The van der Waals surface area contributed by atoms with E-state index in [-0.39, 0.29) is 11.3 Å². The van der Waals surface area contributed by atoms with E-state index in [1.54, 1.807) is 30.3 Å². The summed E-state index contributed by atoms with van der Waals surface area (Å²) in [5.41, 5.74) is 0.694. The van der Waals surface area contributed by atoms with Crippen molar-refractivity contribution in [3.63, 3.8) is 0 Å². The maximum absolute atomic E-state index is 12.0. The van der Waals surface area contributed by atoms with Crippen LogP contribution in [0.15, 0.2) is 42.5 Å². The Bertz CT molecular complexity index is 613. The molecule has 0 aliphatic rings. The zero-order valence-corrected chi connectivity index (χ0v) is 10.9. The van der Waals surface area contributed by atoms with Crippen LogP contribution in [0.25, 0.3) is 0 Å². The Hall–Kier alpha value is -2.20. The molecular weight excluding hydrogens is 266 g/mol. The van der Waals surface area contributed by atoms with Gasteiger partial charge in [0, 0.05) is 10.7 Å². The molecule has 0 aliphatic carbocycles. The average Bonchev–Trinajstić information content (AvgIpc) is 2.39. The summed E-state index contributed by atoms with van der Waals surface area (Å²) in [4.78, 5) is 12.0. The minimum atomic E-state index is -0.432. The Morgan fingerprint density at radius 2 is 2.05 bits per heavy atom. The molecule has 0 spiro atoms. The maximum atomic E-state index is 12.0. The van der Waals surface area contributed by atoms with Gasteiger partial charge in [0.15, 0.2) is 0 Å². The van der Waals surface area contributed by atoms with Crippen molar-refractivity contribution in [3.05, 3.63) is 53.1 Å². The van der Waals surface area contributed by atoms with E-state index in [2.05, 4.69) is 5.32 Å². The fourth-order valence-electron chi connectivity index (χ4n) is 1.59. The Balaban J connectivity index is 2.25. The molecule has 4 nitrogen and oxygen atoms in total. The highest BCUT2D eigenvalue weighted by Gasteiger charge is 2.12. The van der Waals surface area contributed by atoms with Gasteiger partial charge in [0.05, 0.1) is 12.7 Å². The molecule has 2 aromatic carbocycles. The number of hydrogen-bond acceptors (Lipinski definition) is 3. The van der Waals surface area contributed by atoms with Gasteiger partial charge in [-0.05, 0) is 36.4 Å². The van der Waals surface area contributed by atoms with Gasteiger partial charge >= 0.3 is 0 Å². The van der Waals surface area contributed by atoms with Crippen molar-refractivity contribution in [2.45, 2.75) is 0 Å². The quantitative estimate of drug-likeness (QED) is 0.905. The van der Waals surface area contributed by atoms with Crippen molar-refractivity contribution >= 4 is 23.2 Å². The lowest BCUT2D eigenvalue weighted by atomic mass is 10.1. The molecule has 0 saturated carbocycles. The van der Waals surface area contributed by atoms with Crippen molar-refractivity contribution in [1.82, 2.24) is 0 Å². The van der Waals surface area contributed by atoms with Crippen molar-refractivity contribution in [1.29, 1.82) is 0 Å². The van der Waals surface area contributed by atoms with Gasteiger partial charge in [-0.15, -0.1) is 0 Å². The van der Waals surface area contributed by atoms with Crippen molar-refractivity contribution < 1.29 is 14.6 Å². The maximum Gasteiger partial charge on any atom is 0.259 e. The lowest BCUT2D eigenvalue weighted by Gasteiger charge is -2.08. The van der Waals surface area contributed by atoms with E-state index >= 15 is 0 Å². The number of amides is 1. The summed E-state index contributed by atoms with van der Waals surface area (Å²) in [5, 5.41) is 12.9. The van der Waals surface area contributed by atoms with Gasteiger partial charge in [0.2, 0.25) is 0 Å². The smallest absolute Gasteiger partial charge is 0.259 e. The Kier molecular flexibility index (Phi) is 3.92. The molecule has 0 saturated heterocycles. The second-order valence-corrected chi connectivity index (χ2v) is 4.28. The van der Waals surface area contributed by atoms with Crippen LogP contribution in [0.4, 0.5) is 5.69 Å². The number of aromatic hydroxyl groups is 1. The van der Waals surface area contributed by atoms with E-state index in [1.807, 2.05) is 0 Å². The van der Waals surface area contributed by atoms with Crippen LogP contribution in [0.1, 0.15) is 10.4 Å². The molecule has 0 unspecified atom stereocenters. The van der Waals surface area contributed by atoms with Gasteiger partial charge < -0.3 is 15.2 Å². The Labute approximate surface area is 115 Å². The summed E-state index contributed by atoms with van der Waals surface area (Å²) >= 11 is 5.83. The number of halogens is 1.